The van der Waals surface area contributed by atoms with Crippen molar-refractivity contribution >= 4 is 46.7 Å². The van der Waals surface area contributed by atoms with Crippen LogP contribution in [0.4, 0.5) is 0 Å². The van der Waals surface area contributed by atoms with Crippen molar-refractivity contribution < 1.29 is 4.79 Å². The Hall–Kier alpha value is -2.55. The Morgan fingerprint density at radius 2 is 1.91 bits per heavy atom. The number of aromatic nitrogens is 1. The molecule has 7 heteroatoms. The number of halogens is 1. The number of carbonyl (C=O) groups excluding carboxylic acids is 1. The number of nitrogens with one attached hydrogen (secondary N) is 3. The first kappa shape index (κ1) is 25.1. The lowest BCUT2D eigenvalue weighted by Gasteiger charge is -2.29. The third-order valence-corrected chi connectivity index (χ3v) is 6.18. The fraction of sp³-hybridized carbons (Fsp3) is 0.385. The molecule has 176 valence electrons. The van der Waals surface area contributed by atoms with E-state index in [1.165, 1.54) is 33.2 Å². The van der Waals surface area contributed by atoms with Gasteiger partial charge in [0.05, 0.1) is 0 Å². The van der Waals surface area contributed by atoms with Crippen molar-refractivity contribution in [3.05, 3.63) is 70.9 Å². The van der Waals surface area contributed by atoms with Crippen LogP contribution in [0.5, 0.6) is 0 Å². The summed E-state index contributed by atoms with van der Waals surface area (Å²) < 4.78 is 0. The van der Waals surface area contributed by atoms with Gasteiger partial charge in [0.25, 0.3) is 0 Å². The Balaban J connectivity index is 0.00000306. The maximum atomic E-state index is 12.6. The quantitative estimate of drug-likeness (QED) is 0.176. The van der Waals surface area contributed by atoms with Crippen LogP contribution in [0.1, 0.15) is 35.1 Å². The number of fused-ring (bicyclic) bond motifs is 2. The maximum Gasteiger partial charge on any atom is 0.222 e. The molecule has 33 heavy (non-hydrogen) atoms. The predicted molar refractivity (Wildman–Crippen MR) is 146 cm³/mol. The van der Waals surface area contributed by atoms with Gasteiger partial charge in [-0.2, -0.15) is 0 Å². The van der Waals surface area contributed by atoms with E-state index in [1.807, 2.05) is 4.90 Å². The molecule has 0 radical (unpaired) electrons. The lowest BCUT2D eigenvalue weighted by atomic mass is 9.99. The fourth-order valence-corrected chi connectivity index (χ4v) is 4.36. The molecule has 2 heterocycles. The second kappa shape index (κ2) is 12.1. The molecule has 4 rings (SSSR count). The molecule has 3 N–H and O–H groups in total. The van der Waals surface area contributed by atoms with Gasteiger partial charge in [0.15, 0.2) is 5.96 Å². The second-order valence-electron chi connectivity index (χ2n) is 8.48. The number of aliphatic imine (C=N–C) groups is 1. The van der Waals surface area contributed by atoms with Gasteiger partial charge in [-0.1, -0.05) is 36.4 Å². The van der Waals surface area contributed by atoms with Gasteiger partial charge in [0.2, 0.25) is 5.91 Å². The number of aromatic amines is 1. The van der Waals surface area contributed by atoms with Crippen molar-refractivity contribution in [1.29, 1.82) is 0 Å². The first-order chi connectivity index (χ1) is 15.6. The van der Waals surface area contributed by atoms with Gasteiger partial charge in [-0.25, -0.2) is 0 Å². The summed E-state index contributed by atoms with van der Waals surface area (Å²) in [5, 5.41) is 7.98. The van der Waals surface area contributed by atoms with Gasteiger partial charge >= 0.3 is 0 Å². The van der Waals surface area contributed by atoms with Crippen molar-refractivity contribution in [3.8, 4) is 0 Å². The molecule has 0 bridgehead atoms. The zero-order valence-electron chi connectivity index (χ0n) is 19.5. The standard InChI is InChI=1S/C26H33N5O.HI/c1-19-9-10-23-21(17-30-24(23)16-19)11-14-29-26(27-2)28-13-5-8-25(32)31-15-12-20-6-3-4-7-22(20)18-31;/h3-4,6-7,9-10,16-17,30H,5,8,11-15,18H2,1-2H3,(H2,27,28,29);1H. The third kappa shape index (κ3) is 6.50. The molecule has 1 aliphatic heterocycles. The van der Waals surface area contributed by atoms with E-state index in [0.717, 1.165) is 51.4 Å². The van der Waals surface area contributed by atoms with Gasteiger partial charge in [-0.05, 0) is 54.5 Å². The predicted octanol–water partition coefficient (Wildman–Crippen LogP) is 4.17. The average molecular weight is 559 g/mol. The first-order valence-electron chi connectivity index (χ1n) is 11.5. The number of carbonyl (C=O) groups is 1. The van der Waals surface area contributed by atoms with Crippen LogP contribution >= 0.6 is 24.0 Å². The normalized spacial score (nSPS) is 13.4. The molecular formula is C26H34IN5O. The second-order valence-corrected chi connectivity index (χ2v) is 8.48. The zero-order valence-corrected chi connectivity index (χ0v) is 21.8. The summed E-state index contributed by atoms with van der Waals surface area (Å²) in [5.41, 5.74) is 6.40. The van der Waals surface area contributed by atoms with E-state index in [4.69, 9.17) is 0 Å². The average Bonchev–Trinajstić information content (AvgIpc) is 3.21. The van der Waals surface area contributed by atoms with Crippen LogP contribution in [0, 0.1) is 6.92 Å². The molecule has 0 saturated carbocycles. The number of benzene rings is 2. The number of H-pyrrole nitrogens is 1. The topological polar surface area (TPSA) is 72.5 Å². The Bertz CT molecular complexity index is 1110. The molecule has 2 aromatic carbocycles. The molecular weight excluding hydrogens is 525 g/mol. The summed E-state index contributed by atoms with van der Waals surface area (Å²) in [6, 6.07) is 14.9. The van der Waals surface area contributed by atoms with Crippen LogP contribution < -0.4 is 10.6 Å². The van der Waals surface area contributed by atoms with Crippen molar-refractivity contribution in [2.75, 3.05) is 26.7 Å². The summed E-state index contributed by atoms with van der Waals surface area (Å²) in [6.45, 7) is 5.18. The highest BCUT2D eigenvalue weighted by molar-refractivity contribution is 14.0. The molecule has 0 spiro atoms. The van der Waals surface area contributed by atoms with E-state index in [0.29, 0.717) is 6.42 Å². The zero-order chi connectivity index (χ0) is 22.3. The summed E-state index contributed by atoms with van der Waals surface area (Å²) in [7, 11) is 1.78. The molecule has 0 saturated heterocycles. The van der Waals surface area contributed by atoms with Crippen LogP contribution in [-0.4, -0.2) is 48.4 Å². The number of hydrogen-bond acceptors (Lipinski definition) is 2. The van der Waals surface area contributed by atoms with Crippen molar-refractivity contribution in [2.24, 2.45) is 4.99 Å². The molecule has 1 aliphatic rings. The van der Waals surface area contributed by atoms with Crippen molar-refractivity contribution in [1.82, 2.24) is 20.5 Å². The fourth-order valence-electron chi connectivity index (χ4n) is 4.36. The molecule has 0 atom stereocenters. The Morgan fingerprint density at radius 1 is 1.12 bits per heavy atom. The number of rotatable bonds is 7. The minimum Gasteiger partial charge on any atom is -0.361 e. The SMILES string of the molecule is CN=C(NCCCC(=O)N1CCc2ccccc2C1)NCCc1c[nH]c2cc(C)ccc12.I. The lowest BCUT2D eigenvalue weighted by molar-refractivity contribution is -0.132. The van der Waals surface area contributed by atoms with E-state index >= 15 is 0 Å². The summed E-state index contributed by atoms with van der Waals surface area (Å²) >= 11 is 0. The van der Waals surface area contributed by atoms with E-state index in [1.54, 1.807) is 7.05 Å². The number of guanidine groups is 1. The smallest absolute Gasteiger partial charge is 0.222 e. The Labute approximate surface area is 213 Å². The molecule has 6 nitrogen and oxygen atoms in total. The van der Waals surface area contributed by atoms with E-state index < -0.39 is 0 Å². The van der Waals surface area contributed by atoms with Crippen molar-refractivity contribution in [3.63, 3.8) is 0 Å². The number of hydrogen-bond donors (Lipinski definition) is 3. The minimum absolute atomic E-state index is 0. The summed E-state index contributed by atoms with van der Waals surface area (Å²) in [4.78, 5) is 22.2. The third-order valence-electron chi connectivity index (χ3n) is 6.18. The highest BCUT2D eigenvalue weighted by Gasteiger charge is 2.19. The van der Waals surface area contributed by atoms with Gasteiger partial charge in [-0.3, -0.25) is 9.79 Å². The van der Waals surface area contributed by atoms with Crippen LogP contribution in [0.25, 0.3) is 10.9 Å². The maximum absolute atomic E-state index is 12.6. The molecule has 0 aliphatic carbocycles. The Kier molecular flexibility index (Phi) is 9.17. The van der Waals surface area contributed by atoms with Gasteiger partial charge in [-0.15, -0.1) is 24.0 Å². The van der Waals surface area contributed by atoms with Gasteiger partial charge < -0.3 is 20.5 Å². The molecule has 0 unspecified atom stereocenters. The van der Waals surface area contributed by atoms with Crippen molar-refractivity contribution in [2.45, 2.75) is 39.2 Å². The van der Waals surface area contributed by atoms with Crippen LogP contribution in [0.3, 0.4) is 0 Å². The van der Waals surface area contributed by atoms with E-state index in [2.05, 4.69) is 76.2 Å². The molecule has 1 aromatic heterocycles. The summed E-state index contributed by atoms with van der Waals surface area (Å²) in [5.74, 6) is 1.01. The van der Waals surface area contributed by atoms with Gasteiger partial charge in [0.1, 0.15) is 0 Å². The van der Waals surface area contributed by atoms with Crippen LogP contribution in [0.2, 0.25) is 0 Å². The molecule has 0 fully saturated rings. The number of amides is 1. The Morgan fingerprint density at radius 3 is 2.73 bits per heavy atom. The number of aryl methyl sites for hydroxylation is 1. The number of nitrogens with zero attached hydrogens (tertiary/aromatic N) is 2. The van der Waals surface area contributed by atoms with Gasteiger partial charge in [0, 0.05) is 56.7 Å². The molecule has 3 aromatic rings. The largest absolute Gasteiger partial charge is 0.361 e. The van der Waals surface area contributed by atoms with Crippen LogP contribution in [-0.2, 0) is 24.2 Å². The monoisotopic (exact) mass is 559 g/mol. The van der Waals surface area contributed by atoms with E-state index in [-0.39, 0.29) is 29.9 Å². The highest BCUT2D eigenvalue weighted by atomic mass is 127. The minimum atomic E-state index is 0. The van der Waals surface area contributed by atoms with E-state index in [9.17, 15) is 4.79 Å². The van der Waals surface area contributed by atoms with Crippen LogP contribution in [0.15, 0.2) is 53.7 Å². The summed E-state index contributed by atoms with van der Waals surface area (Å²) in [6.07, 6.45) is 5.30. The lowest BCUT2D eigenvalue weighted by Crippen LogP contribution is -2.39. The first-order valence-corrected chi connectivity index (χ1v) is 11.5. The molecule has 1 amide bonds. The highest BCUT2D eigenvalue weighted by Crippen LogP contribution is 2.20.